The lowest BCUT2D eigenvalue weighted by molar-refractivity contribution is 0.501. The third kappa shape index (κ3) is 3.63. The van der Waals surface area contributed by atoms with Crippen molar-refractivity contribution in [3.63, 3.8) is 0 Å². The van der Waals surface area contributed by atoms with Gasteiger partial charge in [-0.15, -0.1) is 0 Å². The number of pyridine rings is 1. The van der Waals surface area contributed by atoms with Gasteiger partial charge in [0.1, 0.15) is 5.82 Å². The molecule has 0 amide bonds. The fraction of sp³-hybridized carbons (Fsp3) is 0.440. The normalized spacial score (nSPS) is 17.2. The van der Waals surface area contributed by atoms with Gasteiger partial charge in [-0.2, -0.15) is 0 Å². The average molecular weight is 402 g/mol. The fourth-order valence-corrected chi connectivity index (χ4v) is 5.01. The molecule has 1 aromatic carbocycles. The first kappa shape index (κ1) is 19.3. The molecule has 0 atom stereocenters. The maximum absolute atomic E-state index is 6.22. The Morgan fingerprint density at radius 3 is 2.40 bits per heavy atom. The number of nitrogens with two attached hydrogens (primary N) is 1. The Balaban J connectivity index is 1.67. The Morgan fingerprint density at radius 2 is 1.67 bits per heavy atom. The van der Waals surface area contributed by atoms with Gasteiger partial charge in [0.15, 0.2) is 0 Å². The smallest absolute Gasteiger partial charge is 0.141 e. The molecule has 30 heavy (non-hydrogen) atoms. The van der Waals surface area contributed by atoms with Crippen molar-refractivity contribution in [1.29, 1.82) is 0 Å². The van der Waals surface area contributed by atoms with E-state index in [1.54, 1.807) is 0 Å². The number of nitrogens with zero attached hydrogens (tertiary/aromatic N) is 3. The lowest BCUT2D eigenvalue weighted by atomic mass is 9.96. The number of aromatic amines is 1. The molecule has 1 aliphatic carbocycles. The number of H-pyrrole nitrogens is 1. The highest BCUT2D eigenvalue weighted by Gasteiger charge is 2.25. The molecule has 1 saturated heterocycles. The van der Waals surface area contributed by atoms with Crippen LogP contribution in [-0.4, -0.2) is 34.1 Å². The van der Waals surface area contributed by atoms with E-state index >= 15 is 0 Å². The van der Waals surface area contributed by atoms with Gasteiger partial charge >= 0.3 is 0 Å². The Hall–Kier alpha value is -2.66. The SMILES string of the molecule is Cc1cc(C)cc(-c2cncc(-c3nc4c([nH]3)CCCC4)c2N2CCC(N)CC2)c1. The highest BCUT2D eigenvalue weighted by Crippen LogP contribution is 2.40. The monoisotopic (exact) mass is 401 g/mol. The highest BCUT2D eigenvalue weighted by atomic mass is 15.2. The molecule has 1 aliphatic heterocycles. The molecular formula is C25H31N5. The van der Waals surface area contributed by atoms with E-state index in [-0.39, 0.29) is 0 Å². The van der Waals surface area contributed by atoms with Crippen LogP contribution in [0.25, 0.3) is 22.5 Å². The van der Waals surface area contributed by atoms with Crippen molar-refractivity contribution in [1.82, 2.24) is 15.0 Å². The number of fused-ring (bicyclic) bond motifs is 1. The van der Waals surface area contributed by atoms with Crippen LogP contribution in [0.5, 0.6) is 0 Å². The van der Waals surface area contributed by atoms with Gasteiger partial charge in [0.25, 0.3) is 0 Å². The second-order valence-corrected chi connectivity index (χ2v) is 9.00. The van der Waals surface area contributed by atoms with Crippen LogP contribution in [0.4, 0.5) is 5.69 Å². The lowest BCUT2D eigenvalue weighted by Gasteiger charge is -2.34. The number of hydrogen-bond acceptors (Lipinski definition) is 4. The van der Waals surface area contributed by atoms with Crippen LogP contribution in [0, 0.1) is 13.8 Å². The molecule has 5 nitrogen and oxygen atoms in total. The first-order valence-electron chi connectivity index (χ1n) is 11.2. The highest BCUT2D eigenvalue weighted by molar-refractivity contribution is 5.89. The van der Waals surface area contributed by atoms with Crippen LogP contribution in [0.2, 0.25) is 0 Å². The molecule has 3 heterocycles. The van der Waals surface area contributed by atoms with Crippen molar-refractivity contribution in [3.8, 4) is 22.5 Å². The summed E-state index contributed by atoms with van der Waals surface area (Å²) in [5.41, 5.74) is 16.1. The first-order valence-corrected chi connectivity index (χ1v) is 11.2. The number of benzene rings is 1. The minimum atomic E-state index is 0.298. The molecule has 3 N–H and O–H groups in total. The maximum Gasteiger partial charge on any atom is 0.141 e. The molecule has 156 valence electrons. The molecular weight excluding hydrogens is 370 g/mol. The number of hydrogen-bond donors (Lipinski definition) is 2. The third-order valence-corrected chi connectivity index (χ3v) is 6.52. The molecule has 0 saturated carbocycles. The summed E-state index contributed by atoms with van der Waals surface area (Å²) in [5.74, 6) is 0.963. The third-order valence-electron chi connectivity index (χ3n) is 6.52. The predicted molar refractivity (Wildman–Crippen MR) is 123 cm³/mol. The quantitative estimate of drug-likeness (QED) is 0.675. The maximum atomic E-state index is 6.22. The van der Waals surface area contributed by atoms with Crippen molar-refractivity contribution >= 4 is 5.69 Å². The van der Waals surface area contributed by atoms with Gasteiger partial charge in [0.2, 0.25) is 0 Å². The molecule has 0 radical (unpaired) electrons. The van der Waals surface area contributed by atoms with Crippen molar-refractivity contribution in [3.05, 3.63) is 53.1 Å². The van der Waals surface area contributed by atoms with Crippen LogP contribution >= 0.6 is 0 Å². The largest absolute Gasteiger partial charge is 0.370 e. The zero-order chi connectivity index (χ0) is 20.7. The number of piperidine rings is 1. The molecule has 2 aliphatic rings. The Kier molecular flexibility index (Phi) is 5.07. The fourth-order valence-electron chi connectivity index (χ4n) is 5.01. The van der Waals surface area contributed by atoms with Crippen LogP contribution < -0.4 is 10.6 Å². The molecule has 2 aromatic heterocycles. The molecule has 1 fully saturated rings. The van der Waals surface area contributed by atoms with Crippen molar-refractivity contribution in [2.45, 2.75) is 58.4 Å². The van der Waals surface area contributed by atoms with Crippen molar-refractivity contribution < 1.29 is 0 Å². The second-order valence-electron chi connectivity index (χ2n) is 9.00. The van der Waals surface area contributed by atoms with Gasteiger partial charge in [-0.05, 0) is 57.9 Å². The Morgan fingerprint density at radius 1 is 0.967 bits per heavy atom. The van der Waals surface area contributed by atoms with Crippen molar-refractivity contribution in [2.75, 3.05) is 18.0 Å². The molecule has 0 bridgehead atoms. The van der Waals surface area contributed by atoms with Crippen LogP contribution in [0.15, 0.2) is 30.6 Å². The molecule has 0 unspecified atom stereocenters. The van der Waals surface area contributed by atoms with Crippen LogP contribution in [-0.2, 0) is 12.8 Å². The van der Waals surface area contributed by atoms with Crippen molar-refractivity contribution in [2.24, 2.45) is 5.73 Å². The van der Waals surface area contributed by atoms with Gasteiger partial charge in [-0.25, -0.2) is 4.98 Å². The van der Waals surface area contributed by atoms with Crippen LogP contribution in [0.1, 0.15) is 48.2 Å². The van der Waals surface area contributed by atoms with Gasteiger partial charge in [-0.1, -0.05) is 29.3 Å². The zero-order valence-electron chi connectivity index (χ0n) is 18.0. The topological polar surface area (TPSA) is 70.8 Å². The predicted octanol–water partition coefficient (Wildman–Crippen LogP) is 4.56. The van der Waals surface area contributed by atoms with E-state index in [2.05, 4.69) is 46.9 Å². The number of anilines is 1. The molecule has 0 spiro atoms. The number of nitrogens with one attached hydrogen (secondary N) is 1. The minimum absolute atomic E-state index is 0.298. The molecule has 3 aromatic rings. The molecule has 5 heteroatoms. The summed E-state index contributed by atoms with van der Waals surface area (Å²) in [6, 6.07) is 7.05. The van der Waals surface area contributed by atoms with E-state index in [0.717, 1.165) is 50.2 Å². The van der Waals surface area contributed by atoms with Gasteiger partial charge in [0.05, 0.1) is 16.9 Å². The second kappa shape index (κ2) is 7.88. The van der Waals surface area contributed by atoms with Gasteiger partial charge in [0, 0.05) is 42.8 Å². The summed E-state index contributed by atoms with van der Waals surface area (Å²) in [7, 11) is 0. The Bertz CT molecular complexity index is 1020. The van der Waals surface area contributed by atoms with E-state index in [1.165, 1.54) is 52.2 Å². The summed E-state index contributed by atoms with van der Waals surface area (Å²) in [5, 5.41) is 0. The summed E-state index contributed by atoms with van der Waals surface area (Å²) < 4.78 is 0. The number of aryl methyl sites for hydroxylation is 4. The first-order chi connectivity index (χ1) is 14.6. The van der Waals surface area contributed by atoms with E-state index < -0.39 is 0 Å². The summed E-state index contributed by atoms with van der Waals surface area (Å²) in [4.78, 5) is 15.8. The Labute approximate surface area is 178 Å². The van der Waals surface area contributed by atoms with E-state index in [4.69, 9.17) is 10.7 Å². The number of imidazole rings is 1. The van der Waals surface area contributed by atoms with Gasteiger partial charge < -0.3 is 15.6 Å². The number of aromatic nitrogens is 3. The zero-order valence-corrected chi connectivity index (χ0v) is 18.0. The summed E-state index contributed by atoms with van der Waals surface area (Å²) >= 11 is 0. The van der Waals surface area contributed by atoms with Gasteiger partial charge in [-0.3, -0.25) is 4.98 Å². The summed E-state index contributed by atoms with van der Waals surface area (Å²) in [6.45, 7) is 6.26. The van der Waals surface area contributed by atoms with E-state index in [0.29, 0.717) is 6.04 Å². The standard InChI is InChI=1S/C25H31N5/c1-16-11-17(2)13-18(12-16)20-14-27-15-21(24(20)30-9-7-19(26)8-10-30)25-28-22-5-3-4-6-23(22)29-25/h11-15,19H,3-10,26H2,1-2H3,(H,28,29). The number of rotatable bonds is 3. The lowest BCUT2D eigenvalue weighted by Crippen LogP contribution is -2.40. The minimum Gasteiger partial charge on any atom is -0.370 e. The molecule has 5 rings (SSSR count). The average Bonchev–Trinajstić information content (AvgIpc) is 3.17. The summed E-state index contributed by atoms with van der Waals surface area (Å²) in [6.07, 6.45) is 10.7. The van der Waals surface area contributed by atoms with Crippen LogP contribution in [0.3, 0.4) is 0 Å². The van der Waals surface area contributed by atoms with E-state index in [9.17, 15) is 0 Å². The van der Waals surface area contributed by atoms with E-state index in [1.807, 2.05) is 12.4 Å².